The molecule has 2 aliphatic rings. The van der Waals surface area contributed by atoms with Crippen LogP contribution in [0.15, 0.2) is 12.3 Å². The minimum atomic E-state index is -0.668. The molecular weight excluding hydrogens is 434 g/mol. The number of carbonyl (C=O) groups excluding carboxylic acids is 2. The lowest BCUT2D eigenvalue weighted by molar-refractivity contribution is -0.120. The van der Waals surface area contributed by atoms with Gasteiger partial charge in [0.15, 0.2) is 0 Å². The average Bonchev–Trinajstić information content (AvgIpc) is 3.67. The molecule has 0 spiro atoms. The Morgan fingerprint density at radius 2 is 1.79 bits per heavy atom. The van der Waals surface area contributed by atoms with Crippen LogP contribution < -0.4 is 15.4 Å². The number of H-pyrrole nitrogens is 1. The Morgan fingerprint density at radius 1 is 1.15 bits per heavy atom. The van der Waals surface area contributed by atoms with Crippen molar-refractivity contribution in [3.05, 3.63) is 23.7 Å². The summed E-state index contributed by atoms with van der Waals surface area (Å²) in [5, 5.41) is 13.0. The third-order valence-electron chi connectivity index (χ3n) is 6.38. The zero-order valence-corrected chi connectivity index (χ0v) is 20.8. The number of hydrogen-bond donors (Lipinski definition) is 3. The monoisotopic (exact) mass is 469 g/mol. The lowest BCUT2D eigenvalue weighted by Gasteiger charge is -2.29. The highest BCUT2D eigenvalue weighted by atomic mass is 16.6. The lowest BCUT2D eigenvalue weighted by atomic mass is 9.88. The zero-order valence-electron chi connectivity index (χ0n) is 20.8. The summed E-state index contributed by atoms with van der Waals surface area (Å²) in [4.78, 5) is 30.6. The second-order valence-electron chi connectivity index (χ2n) is 10.4. The molecule has 2 amide bonds. The molecule has 2 aromatic heterocycles. The molecule has 0 aliphatic heterocycles. The van der Waals surface area contributed by atoms with Crippen molar-refractivity contribution in [1.29, 1.82) is 0 Å². The first-order valence-electron chi connectivity index (χ1n) is 11.9. The maximum atomic E-state index is 13.5. The van der Waals surface area contributed by atoms with Gasteiger partial charge in [0, 0.05) is 17.3 Å². The summed E-state index contributed by atoms with van der Waals surface area (Å²) in [6, 6.07) is 1.08. The molecule has 2 aromatic rings. The highest BCUT2D eigenvalue weighted by molar-refractivity contribution is 5.97. The largest absolute Gasteiger partial charge is 0.494 e. The molecule has 0 saturated heterocycles. The van der Waals surface area contributed by atoms with Crippen molar-refractivity contribution < 1.29 is 19.1 Å². The third kappa shape index (κ3) is 5.51. The average molecular weight is 470 g/mol. The number of ether oxygens (including phenoxy) is 2. The Bertz CT molecular complexity index is 1030. The van der Waals surface area contributed by atoms with Gasteiger partial charge in [-0.05, 0) is 78.1 Å². The molecule has 1 atom stereocenters. The van der Waals surface area contributed by atoms with Gasteiger partial charge in [0.1, 0.15) is 23.1 Å². The number of aromatic nitrogens is 3. The van der Waals surface area contributed by atoms with Crippen molar-refractivity contribution in [3.63, 3.8) is 0 Å². The summed E-state index contributed by atoms with van der Waals surface area (Å²) in [6.07, 6.45) is 5.40. The van der Waals surface area contributed by atoms with Crippen LogP contribution in [0.25, 0.3) is 11.3 Å². The van der Waals surface area contributed by atoms with Gasteiger partial charge in [-0.15, -0.1) is 0 Å². The molecule has 184 valence electrons. The number of alkyl carbamates (subject to hydrolysis) is 1. The predicted molar refractivity (Wildman–Crippen MR) is 129 cm³/mol. The maximum absolute atomic E-state index is 13.5. The summed E-state index contributed by atoms with van der Waals surface area (Å²) in [7, 11) is 1.57. The fourth-order valence-electron chi connectivity index (χ4n) is 4.64. The number of pyridine rings is 1. The van der Waals surface area contributed by atoms with E-state index in [4.69, 9.17) is 9.47 Å². The Balaban J connectivity index is 1.56. The van der Waals surface area contributed by atoms with Crippen LogP contribution in [-0.4, -0.2) is 45.9 Å². The fourth-order valence-corrected chi connectivity index (χ4v) is 4.64. The number of methoxy groups -OCH3 is 1. The summed E-state index contributed by atoms with van der Waals surface area (Å²) in [6.45, 7) is 9.26. The molecule has 34 heavy (non-hydrogen) atoms. The van der Waals surface area contributed by atoms with E-state index in [1.165, 1.54) is 0 Å². The van der Waals surface area contributed by atoms with Gasteiger partial charge in [0.05, 0.1) is 24.7 Å². The van der Waals surface area contributed by atoms with Crippen LogP contribution in [-0.2, 0) is 9.53 Å². The van der Waals surface area contributed by atoms with Crippen LogP contribution in [0.3, 0.4) is 0 Å². The summed E-state index contributed by atoms with van der Waals surface area (Å²) >= 11 is 0. The maximum Gasteiger partial charge on any atom is 0.408 e. The molecule has 4 rings (SSSR count). The molecule has 0 radical (unpaired) electrons. The first kappa shape index (κ1) is 24.0. The first-order valence-corrected chi connectivity index (χ1v) is 11.9. The predicted octanol–water partition coefficient (Wildman–Crippen LogP) is 4.37. The Kier molecular flexibility index (Phi) is 6.55. The topological polar surface area (TPSA) is 118 Å². The van der Waals surface area contributed by atoms with E-state index in [-0.39, 0.29) is 11.8 Å². The van der Waals surface area contributed by atoms with E-state index in [0.29, 0.717) is 29.0 Å². The van der Waals surface area contributed by atoms with Gasteiger partial charge in [0.2, 0.25) is 5.91 Å². The van der Waals surface area contributed by atoms with Crippen LogP contribution >= 0.6 is 0 Å². The van der Waals surface area contributed by atoms with Gasteiger partial charge in [-0.25, -0.2) is 4.79 Å². The lowest BCUT2D eigenvalue weighted by Crippen LogP contribution is -2.51. The number of amides is 2. The van der Waals surface area contributed by atoms with Crippen LogP contribution in [0, 0.1) is 31.6 Å². The van der Waals surface area contributed by atoms with Crippen LogP contribution in [0.5, 0.6) is 5.75 Å². The van der Waals surface area contributed by atoms with Gasteiger partial charge in [-0.3, -0.25) is 14.9 Å². The van der Waals surface area contributed by atoms with Crippen molar-refractivity contribution in [3.8, 4) is 17.0 Å². The quantitative estimate of drug-likeness (QED) is 0.528. The number of hydrogen-bond acceptors (Lipinski definition) is 6. The van der Waals surface area contributed by atoms with Crippen molar-refractivity contribution >= 4 is 17.7 Å². The Morgan fingerprint density at radius 3 is 2.29 bits per heavy atom. The normalized spacial score (nSPS) is 16.8. The standard InChI is InChI=1S/C25H35N5O4/c1-13-19(14(2)30-29-13)21-18(33-6)11-17(12-26-21)27-23(31)22(28-24(32)34-25(3,4)5)20(15-7-8-15)16-9-10-16/h11-12,15-16,20,22H,7-10H2,1-6H3,(H,27,31)(H,28,32)(H,29,30)/t22-/m0/s1. The number of nitrogens with zero attached hydrogens (tertiary/aromatic N) is 2. The van der Waals surface area contributed by atoms with E-state index in [1.807, 2.05) is 34.6 Å². The zero-order chi connectivity index (χ0) is 24.6. The molecule has 2 heterocycles. The van der Waals surface area contributed by atoms with E-state index in [2.05, 4.69) is 25.8 Å². The first-order chi connectivity index (χ1) is 16.1. The summed E-state index contributed by atoms with van der Waals surface area (Å²) < 4.78 is 11.0. The van der Waals surface area contributed by atoms with Gasteiger partial charge in [-0.1, -0.05) is 0 Å². The third-order valence-corrected chi connectivity index (χ3v) is 6.38. The molecule has 0 bridgehead atoms. The van der Waals surface area contributed by atoms with E-state index in [1.54, 1.807) is 19.4 Å². The number of carbonyl (C=O) groups is 2. The minimum Gasteiger partial charge on any atom is -0.494 e. The Labute approximate surface area is 200 Å². The highest BCUT2D eigenvalue weighted by Gasteiger charge is 2.48. The molecule has 9 nitrogen and oxygen atoms in total. The van der Waals surface area contributed by atoms with Crippen LogP contribution in [0.2, 0.25) is 0 Å². The summed E-state index contributed by atoms with van der Waals surface area (Å²) in [5.74, 6) is 1.29. The van der Waals surface area contributed by atoms with Gasteiger partial charge in [0.25, 0.3) is 0 Å². The molecule has 9 heteroatoms. The molecule has 2 aliphatic carbocycles. The Hall–Kier alpha value is -3.10. The van der Waals surface area contributed by atoms with Crippen molar-refractivity contribution in [1.82, 2.24) is 20.5 Å². The number of anilines is 1. The molecule has 0 aromatic carbocycles. The highest BCUT2D eigenvalue weighted by Crippen LogP contribution is 2.51. The molecule has 2 fully saturated rings. The SMILES string of the molecule is COc1cc(NC(=O)[C@@H](NC(=O)OC(C)(C)C)C(C2CC2)C2CC2)cnc1-c1c(C)n[nH]c1C. The summed E-state index contributed by atoms with van der Waals surface area (Å²) in [5.41, 5.74) is 3.10. The number of aromatic amines is 1. The number of aryl methyl sites for hydroxylation is 2. The smallest absolute Gasteiger partial charge is 0.408 e. The molecule has 2 saturated carbocycles. The number of rotatable bonds is 8. The second kappa shape index (κ2) is 9.27. The van der Waals surface area contributed by atoms with Crippen LogP contribution in [0.4, 0.5) is 10.5 Å². The van der Waals surface area contributed by atoms with Gasteiger partial charge >= 0.3 is 6.09 Å². The van der Waals surface area contributed by atoms with Gasteiger partial charge < -0.3 is 20.1 Å². The van der Waals surface area contributed by atoms with Gasteiger partial charge in [-0.2, -0.15) is 5.10 Å². The fraction of sp³-hybridized carbons (Fsp3) is 0.600. The van der Waals surface area contributed by atoms with Crippen LogP contribution in [0.1, 0.15) is 57.8 Å². The molecule has 3 N–H and O–H groups in total. The van der Waals surface area contributed by atoms with E-state index < -0.39 is 17.7 Å². The molecular formula is C25H35N5O4. The van der Waals surface area contributed by atoms with Crippen molar-refractivity contribution in [2.75, 3.05) is 12.4 Å². The number of nitrogens with one attached hydrogen (secondary N) is 3. The van der Waals surface area contributed by atoms with E-state index in [9.17, 15) is 9.59 Å². The minimum absolute atomic E-state index is 0.109. The molecule has 0 unspecified atom stereocenters. The van der Waals surface area contributed by atoms with Crippen molar-refractivity contribution in [2.24, 2.45) is 17.8 Å². The van der Waals surface area contributed by atoms with Crippen molar-refractivity contribution in [2.45, 2.75) is 71.9 Å². The van der Waals surface area contributed by atoms with E-state index >= 15 is 0 Å². The van der Waals surface area contributed by atoms with E-state index in [0.717, 1.165) is 42.6 Å². The second-order valence-corrected chi connectivity index (χ2v) is 10.4.